The van der Waals surface area contributed by atoms with Gasteiger partial charge in [0.05, 0.1) is 25.8 Å². The topological polar surface area (TPSA) is 97.8 Å². The van der Waals surface area contributed by atoms with Gasteiger partial charge in [0.25, 0.3) is 11.7 Å². The third-order valence-electron chi connectivity index (χ3n) is 6.85. The van der Waals surface area contributed by atoms with Crippen LogP contribution >= 0.6 is 0 Å². The fourth-order valence-electron chi connectivity index (χ4n) is 4.83. The Labute approximate surface area is 217 Å². The summed E-state index contributed by atoms with van der Waals surface area (Å²) in [6.45, 7) is 7.96. The van der Waals surface area contributed by atoms with Gasteiger partial charge in [-0.05, 0) is 62.0 Å². The van der Waals surface area contributed by atoms with Crippen LogP contribution in [0.25, 0.3) is 5.76 Å². The molecule has 4 rings (SSSR count). The molecule has 1 fully saturated rings. The quantitative estimate of drug-likeness (QED) is 0.294. The van der Waals surface area contributed by atoms with Crippen molar-refractivity contribution < 1.29 is 33.6 Å². The van der Waals surface area contributed by atoms with E-state index in [1.54, 1.807) is 43.5 Å². The second-order valence-corrected chi connectivity index (χ2v) is 8.85. The fraction of sp³-hybridized carbons (Fsp3) is 0.429. The van der Waals surface area contributed by atoms with E-state index in [4.69, 9.17) is 18.9 Å². The average Bonchev–Trinajstić information content (AvgIpc) is 3.19. The maximum atomic E-state index is 13.4. The summed E-state index contributed by atoms with van der Waals surface area (Å²) in [6, 6.07) is 9.44. The number of aliphatic hydroxyl groups excluding tert-OH is 1. The number of ketones is 1. The largest absolute Gasteiger partial charge is 0.507 e. The number of carbonyl (C=O) groups is 2. The van der Waals surface area contributed by atoms with Gasteiger partial charge in [0.2, 0.25) is 0 Å². The maximum Gasteiger partial charge on any atom is 0.295 e. The van der Waals surface area contributed by atoms with Crippen molar-refractivity contribution in [2.24, 2.45) is 0 Å². The van der Waals surface area contributed by atoms with Crippen molar-refractivity contribution in [2.45, 2.75) is 26.3 Å². The van der Waals surface area contributed by atoms with Crippen molar-refractivity contribution in [2.75, 3.05) is 53.6 Å². The number of Topliss-reactive ketones (excluding diaryl/α,β-unsaturated/α-hetero) is 1. The zero-order valence-corrected chi connectivity index (χ0v) is 21.8. The molecule has 37 heavy (non-hydrogen) atoms. The molecule has 9 nitrogen and oxygen atoms in total. The van der Waals surface area contributed by atoms with Crippen LogP contribution in [0.1, 0.15) is 37.4 Å². The second-order valence-electron chi connectivity index (χ2n) is 8.85. The van der Waals surface area contributed by atoms with Crippen LogP contribution in [-0.2, 0) is 9.59 Å². The molecule has 1 N–H and O–H groups in total. The third kappa shape index (κ3) is 5.22. The summed E-state index contributed by atoms with van der Waals surface area (Å²) < 4.78 is 22.1. The molecule has 1 amide bonds. The Morgan fingerprint density at radius 2 is 1.70 bits per heavy atom. The summed E-state index contributed by atoms with van der Waals surface area (Å²) in [5.74, 6) is 0.405. The zero-order valence-electron chi connectivity index (χ0n) is 21.8. The summed E-state index contributed by atoms with van der Waals surface area (Å²) in [4.78, 5) is 30.4. The minimum Gasteiger partial charge on any atom is -0.507 e. The number of likely N-dealkylation sites (tertiary alicyclic amines) is 1. The van der Waals surface area contributed by atoms with Crippen molar-refractivity contribution in [1.29, 1.82) is 0 Å². The minimum atomic E-state index is -0.787. The fourth-order valence-corrected chi connectivity index (χ4v) is 4.83. The summed E-state index contributed by atoms with van der Waals surface area (Å²) >= 11 is 0. The van der Waals surface area contributed by atoms with E-state index in [9.17, 15) is 14.7 Å². The van der Waals surface area contributed by atoms with Crippen molar-refractivity contribution in [1.82, 2.24) is 9.80 Å². The number of amides is 1. The van der Waals surface area contributed by atoms with Gasteiger partial charge in [0.15, 0.2) is 23.0 Å². The lowest BCUT2D eigenvalue weighted by Gasteiger charge is -2.27. The van der Waals surface area contributed by atoms with Crippen molar-refractivity contribution in [3.05, 3.63) is 53.1 Å². The number of ether oxygens (including phenoxy) is 4. The summed E-state index contributed by atoms with van der Waals surface area (Å²) in [6.07, 6.45) is 0.683. The number of hydrogen-bond donors (Lipinski definition) is 1. The molecule has 0 saturated carbocycles. The van der Waals surface area contributed by atoms with E-state index in [1.165, 1.54) is 12.0 Å². The highest BCUT2D eigenvalue weighted by molar-refractivity contribution is 6.46. The highest BCUT2D eigenvalue weighted by Crippen LogP contribution is 2.43. The number of rotatable bonds is 10. The zero-order chi connectivity index (χ0) is 26.5. The van der Waals surface area contributed by atoms with Crippen LogP contribution in [0.4, 0.5) is 0 Å². The first kappa shape index (κ1) is 26.3. The number of methoxy groups -OCH3 is 2. The van der Waals surface area contributed by atoms with Gasteiger partial charge in [-0.1, -0.05) is 19.9 Å². The van der Waals surface area contributed by atoms with Crippen LogP contribution in [0.2, 0.25) is 0 Å². The van der Waals surface area contributed by atoms with Gasteiger partial charge in [-0.2, -0.15) is 0 Å². The van der Waals surface area contributed by atoms with Gasteiger partial charge in [0.1, 0.15) is 19.0 Å². The van der Waals surface area contributed by atoms with Crippen LogP contribution in [0, 0.1) is 0 Å². The molecule has 1 saturated heterocycles. The predicted molar refractivity (Wildman–Crippen MR) is 138 cm³/mol. The molecule has 2 heterocycles. The Balaban J connectivity index is 1.78. The van der Waals surface area contributed by atoms with Crippen molar-refractivity contribution >= 4 is 17.4 Å². The first-order valence-corrected chi connectivity index (χ1v) is 12.6. The molecule has 0 unspecified atom stereocenters. The van der Waals surface area contributed by atoms with E-state index in [2.05, 4.69) is 18.7 Å². The Morgan fingerprint density at radius 3 is 2.38 bits per heavy atom. The normalized spacial score (nSPS) is 18.4. The molecule has 0 radical (unpaired) electrons. The van der Waals surface area contributed by atoms with Crippen molar-refractivity contribution in [3.63, 3.8) is 0 Å². The van der Waals surface area contributed by atoms with E-state index in [1.807, 2.05) is 0 Å². The maximum absolute atomic E-state index is 13.4. The number of aliphatic hydroxyl groups is 1. The number of fused-ring (bicyclic) bond motifs is 1. The summed E-state index contributed by atoms with van der Waals surface area (Å²) in [5, 5.41) is 11.4. The molecule has 2 aliphatic rings. The van der Waals surface area contributed by atoms with Crippen LogP contribution in [-0.4, -0.2) is 80.2 Å². The van der Waals surface area contributed by atoms with E-state index >= 15 is 0 Å². The lowest BCUT2D eigenvalue weighted by Crippen LogP contribution is -2.33. The Morgan fingerprint density at radius 1 is 1.00 bits per heavy atom. The van der Waals surface area contributed by atoms with Crippen LogP contribution in [0.15, 0.2) is 42.0 Å². The highest BCUT2D eigenvalue weighted by atomic mass is 16.6. The van der Waals surface area contributed by atoms with Gasteiger partial charge in [0, 0.05) is 12.1 Å². The van der Waals surface area contributed by atoms with Gasteiger partial charge in [-0.3, -0.25) is 9.59 Å². The van der Waals surface area contributed by atoms with Gasteiger partial charge in [-0.25, -0.2) is 0 Å². The average molecular weight is 511 g/mol. The van der Waals surface area contributed by atoms with E-state index in [0.29, 0.717) is 60.3 Å². The molecule has 9 heteroatoms. The predicted octanol–water partition coefficient (Wildman–Crippen LogP) is 3.63. The minimum absolute atomic E-state index is 0.0248. The molecule has 2 aliphatic heterocycles. The molecule has 2 aromatic rings. The number of hydrogen-bond acceptors (Lipinski definition) is 8. The van der Waals surface area contributed by atoms with Crippen LogP contribution < -0.4 is 18.9 Å². The van der Waals surface area contributed by atoms with Gasteiger partial charge >= 0.3 is 0 Å². The number of nitrogens with zero attached hydrogens (tertiary/aromatic N) is 2. The second kappa shape index (κ2) is 11.6. The molecule has 1 atom stereocenters. The summed E-state index contributed by atoms with van der Waals surface area (Å²) in [5.41, 5.74) is 1.03. The SMILES string of the molecule is CCN(CC)CCCN1C(=O)C(=O)/C(=C(/O)c2ccc3c(c2)OCCO3)[C@@H]1c1ccc(OC)c(OC)c1. The van der Waals surface area contributed by atoms with Crippen LogP contribution in [0.3, 0.4) is 0 Å². The smallest absolute Gasteiger partial charge is 0.295 e. The summed E-state index contributed by atoms with van der Waals surface area (Å²) in [7, 11) is 3.07. The molecule has 2 aromatic carbocycles. The lowest BCUT2D eigenvalue weighted by atomic mass is 9.94. The monoisotopic (exact) mass is 510 g/mol. The number of benzene rings is 2. The number of carbonyl (C=O) groups excluding carboxylic acids is 2. The Kier molecular flexibility index (Phi) is 8.23. The molecular weight excluding hydrogens is 476 g/mol. The molecule has 0 aromatic heterocycles. The van der Waals surface area contributed by atoms with Crippen LogP contribution in [0.5, 0.6) is 23.0 Å². The van der Waals surface area contributed by atoms with E-state index in [0.717, 1.165) is 19.6 Å². The highest BCUT2D eigenvalue weighted by Gasteiger charge is 2.46. The standard InChI is InChI=1S/C28H34N2O7/c1-5-29(6-2)12-7-13-30-25(18-8-10-20(34-3)22(16-18)35-4)24(27(32)28(30)33)26(31)19-9-11-21-23(17-19)37-15-14-36-21/h8-11,16-17,25,31H,5-7,12-15H2,1-4H3/b26-24+/t25-/m0/s1. The van der Waals surface area contributed by atoms with E-state index < -0.39 is 17.7 Å². The third-order valence-corrected chi connectivity index (χ3v) is 6.85. The molecule has 0 spiro atoms. The Bertz CT molecular complexity index is 1190. The van der Waals surface area contributed by atoms with Gasteiger partial charge < -0.3 is 33.9 Å². The van der Waals surface area contributed by atoms with E-state index in [-0.39, 0.29) is 11.3 Å². The molecule has 0 bridgehead atoms. The Hall–Kier alpha value is -3.72. The first-order chi connectivity index (χ1) is 17.9. The molecule has 0 aliphatic carbocycles. The molecular formula is C28H34N2O7. The van der Waals surface area contributed by atoms with Crippen molar-refractivity contribution in [3.8, 4) is 23.0 Å². The van der Waals surface area contributed by atoms with Gasteiger partial charge in [-0.15, -0.1) is 0 Å². The lowest BCUT2D eigenvalue weighted by molar-refractivity contribution is -0.140. The molecule has 198 valence electrons. The first-order valence-electron chi connectivity index (χ1n) is 12.6.